The molecular formula is C23H24N2O2. The molecule has 0 saturated heterocycles. The van der Waals surface area contributed by atoms with Crippen molar-refractivity contribution in [2.45, 2.75) is 37.5 Å². The van der Waals surface area contributed by atoms with E-state index in [-0.39, 0.29) is 23.1 Å². The number of amides is 2. The van der Waals surface area contributed by atoms with Crippen LogP contribution in [0.3, 0.4) is 0 Å². The van der Waals surface area contributed by atoms with Gasteiger partial charge in [-0.05, 0) is 49.8 Å². The van der Waals surface area contributed by atoms with Crippen LogP contribution in [0.1, 0.15) is 37.7 Å². The number of fused-ring (bicyclic) bond motifs is 1. The maximum Gasteiger partial charge on any atom is 0.237 e. The van der Waals surface area contributed by atoms with Crippen molar-refractivity contribution in [2.24, 2.45) is 5.92 Å². The minimum absolute atomic E-state index is 0.180. The van der Waals surface area contributed by atoms with E-state index in [2.05, 4.69) is 12.1 Å². The van der Waals surface area contributed by atoms with Crippen LogP contribution in [0.15, 0.2) is 54.6 Å². The molecule has 2 aromatic carbocycles. The maximum atomic E-state index is 13.6. The minimum atomic E-state index is -0.385. The molecular weight excluding hydrogens is 336 g/mol. The van der Waals surface area contributed by atoms with Crippen molar-refractivity contribution in [2.75, 3.05) is 22.9 Å². The number of carbonyl (C=O) groups excluding carboxylic acids is 2. The van der Waals surface area contributed by atoms with Gasteiger partial charge >= 0.3 is 0 Å². The average Bonchev–Trinajstić information content (AvgIpc) is 3.60. The summed E-state index contributed by atoms with van der Waals surface area (Å²) < 4.78 is 0. The fourth-order valence-electron chi connectivity index (χ4n) is 4.31. The highest BCUT2D eigenvalue weighted by atomic mass is 16.2. The molecule has 0 atom stereocenters. The minimum Gasteiger partial charge on any atom is -0.310 e. The van der Waals surface area contributed by atoms with Crippen molar-refractivity contribution < 1.29 is 9.59 Å². The summed E-state index contributed by atoms with van der Waals surface area (Å²) in [6.45, 7) is 1.35. The molecule has 2 aromatic rings. The quantitative estimate of drug-likeness (QED) is 0.833. The zero-order valence-electron chi connectivity index (χ0n) is 15.4. The van der Waals surface area contributed by atoms with Crippen LogP contribution in [0.5, 0.6) is 0 Å². The number of anilines is 2. The van der Waals surface area contributed by atoms with Crippen molar-refractivity contribution in [3.8, 4) is 0 Å². The second-order valence-corrected chi connectivity index (χ2v) is 8.01. The van der Waals surface area contributed by atoms with Crippen LogP contribution in [0, 0.1) is 5.92 Å². The summed E-state index contributed by atoms with van der Waals surface area (Å²) in [5.74, 6) is 0.585. The van der Waals surface area contributed by atoms with Crippen molar-refractivity contribution >= 4 is 23.2 Å². The van der Waals surface area contributed by atoms with E-state index in [4.69, 9.17) is 0 Å². The van der Waals surface area contributed by atoms with Crippen LogP contribution in [-0.2, 0) is 15.0 Å². The first kappa shape index (κ1) is 16.5. The molecule has 0 radical (unpaired) electrons. The van der Waals surface area contributed by atoms with E-state index in [0.29, 0.717) is 13.1 Å². The molecule has 4 heteroatoms. The van der Waals surface area contributed by atoms with Gasteiger partial charge < -0.3 is 9.80 Å². The summed E-state index contributed by atoms with van der Waals surface area (Å²) in [7, 11) is 0. The van der Waals surface area contributed by atoms with Gasteiger partial charge in [0, 0.05) is 19.0 Å². The molecule has 3 aliphatic rings. The van der Waals surface area contributed by atoms with E-state index >= 15 is 0 Å². The topological polar surface area (TPSA) is 40.6 Å². The summed E-state index contributed by atoms with van der Waals surface area (Å²) in [5.41, 5.74) is 2.51. The first-order chi connectivity index (χ1) is 13.2. The van der Waals surface area contributed by atoms with E-state index in [1.54, 1.807) is 0 Å². The molecule has 2 fully saturated rings. The van der Waals surface area contributed by atoms with Gasteiger partial charge in [-0.15, -0.1) is 0 Å². The molecule has 1 heterocycles. The van der Waals surface area contributed by atoms with Crippen molar-refractivity contribution in [3.05, 3.63) is 60.2 Å². The van der Waals surface area contributed by atoms with E-state index in [0.717, 1.165) is 49.0 Å². The Bertz CT molecular complexity index is 884. The number of hydrogen-bond acceptors (Lipinski definition) is 2. The zero-order chi connectivity index (χ0) is 18.4. The maximum absolute atomic E-state index is 13.6. The van der Waals surface area contributed by atoms with Crippen molar-refractivity contribution in [1.82, 2.24) is 0 Å². The number of nitrogens with zero attached hydrogens (tertiary/aromatic N) is 2. The van der Waals surface area contributed by atoms with Crippen LogP contribution in [0.25, 0.3) is 0 Å². The van der Waals surface area contributed by atoms with Gasteiger partial charge in [-0.3, -0.25) is 9.59 Å². The molecule has 2 amide bonds. The van der Waals surface area contributed by atoms with E-state index in [1.165, 1.54) is 0 Å². The predicted octanol–water partition coefficient (Wildman–Crippen LogP) is 3.90. The summed E-state index contributed by atoms with van der Waals surface area (Å²) in [4.78, 5) is 30.3. The molecule has 0 bridgehead atoms. The fraction of sp³-hybridized carbons (Fsp3) is 0.391. The Balaban J connectivity index is 1.51. The largest absolute Gasteiger partial charge is 0.310 e. The Labute approximate surface area is 159 Å². The van der Waals surface area contributed by atoms with Gasteiger partial charge in [-0.25, -0.2) is 0 Å². The molecule has 0 aromatic heterocycles. The lowest BCUT2D eigenvalue weighted by atomic mass is 9.94. The smallest absolute Gasteiger partial charge is 0.237 e. The zero-order valence-corrected chi connectivity index (χ0v) is 15.4. The highest BCUT2D eigenvalue weighted by Crippen LogP contribution is 2.51. The SMILES string of the molecule is O=C(C1CC1)N1CCCN(C(=O)C2(c3ccccc3)CC2)c2ccccc21. The number of carbonyl (C=O) groups is 2. The van der Waals surface area contributed by atoms with Gasteiger partial charge in [0.15, 0.2) is 0 Å². The predicted molar refractivity (Wildman–Crippen MR) is 106 cm³/mol. The summed E-state index contributed by atoms with van der Waals surface area (Å²) in [6, 6.07) is 18.1. The molecule has 138 valence electrons. The van der Waals surface area contributed by atoms with Crippen LogP contribution < -0.4 is 9.80 Å². The van der Waals surface area contributed by atoms with E-state index < -0.39 is 0 Å². The Morgan fingerprint density at radius 2 is 1.41 bits per heavy atom. The molecule has 4 nitrogen and oxygen atoms in total. The highest BCUT2D eigenvalue weighted by Gasteiger charge is 2.53. The third-order valence-electron chi connectivity index (χ3n) is 6.15. The van der Waals surface area contributed by atoms with Gasteiger partial charge in [0.25, 0.3) is 0 Å². The average molecular weight is 360 g/mol. The lowest BCUT2D eigenvalue weighted by molar-refractivity contribution is -0.121. The van der Waals surface area contributed by atoms with Crippen LogP contribution in [0.2, 0.25) is 0 Å². The number of para-hydroxylation sites is 2. The molecule has 0 spiro atoms. The Hall–Kier alpha value is -2.62. The molecule has 2 aliphatic carbocycles. The van der Waals surface area contributed by atoms with E-state index in [9.17, 15) is 9.59 Å². The van der Waals surface area contributed by atoms with Crippen LogP contribution >= 0.6 is 0 Å². The van der Waals surface area contributed by atoms with E-state index in [1.807, 2.05) is 52.3 Å². The van der Waals surface area contributed by atoms with Crippen molar-refractivity contribution in [1.29, 1.82) is 0 Å². The first-order valence-corrected chi connectivity index (χ1v) is 9.99. The molecule has 0 N–H and O–H groups in total. The lowest BCUT2D eigenvalue weighted by Gasteiger charge is -2.29. The second-order valence-electron chi connectivity index (χ2n) is 8.01. The summed E-state index contributed by atoms with van der Waals surface area (Å²) in [6.07, 6.45) is 4.61. The second kappa shape index (κ2) is 6.22. The van der Waals surface area contributed by atoms with Crippen molar-refractivity contribution in [3.63, 3.8) is 0 Å². The monoisotopic (exact) mass is 360 g/mol. The van der Waals surface area contributed by atoms with Crippen LogP contribution in [-0.4, -0.2) is 24.9 Å². The molecule has 0 unspecified atom stereocenters. The van der Waals surface area contributed by atoms with Gasteiger partial charge in [0.2, 0.25) is 11.8 Å². The number of hydrogen-bond donors (Lipinski definition) is 0. The highest BCUT2D eigenvalue weighted by molar-refractivity contribution is 6.08. The molecule has 2 saturated carbocycles. The van der Waals surface area contributed by atoms with Gasteiger partial charge in [-0.1, -0.05) is 42.5 Å². The number of rotatable bonds is 3. The summed E-state index contributed by atoms with van der Waals surface area (Å²) in [5, 5.41) is 0. The Morgan fingerprint density at radius 1 is 0.815 bits per heavy atom. The Kier molecular flexibility index (Phi) is 3.81. The third-order valence-corrected chi connectivity index (χ3v) is 6.15. The van der Waals surface area contributed by atoms with Crippen LogP contribution in [0.4, 0.5) is 11.4 Å². The van der Waals surface area contributed by atoms with Gasteiger partial charge in [0.1, 0.15) is 0 Å². The Morgan fingerprint density at radius 3 is 2.04 bits per heavy atom. The third kappa shape index (κ3) is 2.75. The molecule has 1 aliphatic heterocycles. The van der Waals surface area contributed by atoms with Gasteiger partial charge in [-0.2, -0.15) is 0 Å². The lowest BCUT2D eigenvalue weighted by Crippen LogP contribution is -2.40. The first-order valence-electron chi connectivity index (χ1n) is 9.99. The fourth-order valence-corrected chi connectivity index (χ4v) is 4.31. The normalized spacial score (nSPS) is 20.6. The standard InChI is InChI=1S/C23H24N2O2/c26-21(17-11-12-17)24-15-6-16-25(20-10-5-4-9-19(20)24)22(27)23(13-14-23)18-7-2-1-3-8-18/h1-5,7-10,17H,6,11-16H2. The molecule has 5 rings (SSSR count). The molecule has 27 heavy (non-hydrogen) atoms. The van der Waals surface area contributed by atoms with Gasteiger partial charge in [0.05, 0.1) is 16.8 Å². The summed E-state index contributed by atoms with van der Waals surface area (Å²) >= 11 is 0. The number of benzene rings is 2.